The maximum Gasteiger partial charge on any atom is 0.259 e. The molecule has 3 heterocycles. The highest BCUT2D eigenvalue weighted by Gasteiger charge is 2.58. The van der Waals surface area contributed by atoms with Crippen LogP contribution in [0.15, 0.2) is 42.7 Å². The minimum absolute atomic E-state index is 0.0676. The molecule has 4 nitrogen and oxygen atoms in total. The van der Waals surface area contributed by atoms with Gasteiger partial charge >= 0.3 is 0 Å². The van der Waals surface area contributed by atoms with Crippen molar-refractivity contribution in [2.24, 2.45) is 11.8 Å². The Hall–Kier alpha value is -1.91. The van der Waals surface area contributed by atoms with Crippen molar-refractivity contribution in [2.75, 3.05) is 0 Å². The zero-order chi connectivity index (χ0) is 17.0. The van der Waals surface area contributed by atoms with E-state index in [1.807, 2.05) is 32.0 Å². The highest BCUT2D eigenvalue weighted by Crippen LogP contribution is 2.57. The van der Waals surface area contributed by atoms with E-state index in [1.165, 1.54) is 12.8 Å². The molecule has 1 fully saturated rings. The highest BCUT2D eigenvalue weighted by atomic mass is 16.8. The van der Waals surface area contributed by atoms with E-state index < -0.39 is 12.1 Å². The summed E-state index contributed by atoms with van der Waals surface area (Å²) < 4.78 is 18.8. The molecule has 1 spiro atoms. The molecule has 3 aliphatic rings. The van der Waals surface area contributed by atoms with Gasteiger partial charge in [0.1, 0.15) is 5.69 Å². The van der Waals surface area contributed by atoms with Crippen molar-refractivity contribution in [3.05, 3.63) is 53.9 Å². The van der Waals surface area contributed by atoms with E-state index in [0.29, 0.717) is 11.8 Å². The van der Waals surface area contributed by atoms with Crippen molar-refractivity contribution in [1.82, 2.24) is 4.98 Å². The number of aromatic nitrogens is 1. The van der Waals surface area contributed by atoms with Gasteiger partial charge in [0.25, 0.3) is 5.79 Å². The third kappa shape index (κ3) is 2.39. The van der Waals surface area contributed by atoms with Gasteiger partial charge in [0, 0.05) is 16.9 Å². The largest absolute Gasteiger partial charge is 0.464 e. The van der Waals surface area contributed by atoms with Gasteiger partial charge < -0.3 is 14.2 Å². The summed E-state index contributed by atoms with van der Waals surface area (Å²) >= 11 is 0. The topological polar surface area (TPSA) is 40.6 Å². The molecular formula is C21H23NO3. The Morgan fingerprint density at radius 3 is 2.88 bits per heavy atom. The van der Waals surface area contributed by atoms with E-state index in [2.05, 4.69) is 18.2 Å². The van der Waals surface area contributed by atoms with Crippen LogP contribution in [-0.4, -0.2) is 11.1 Å². The zero-order valence-electron chi connectivity index (χ0n) is 14.6. The quantitative estimate of drug-likeness (QED) is 0.806. The Morgan fingerprint density at radius 2 is 2.08 bits per heavy atom. The monoisotopic (exact) mass is 337 g/mol. The number of benzene rings is 1. The molecule has 4 heteroatoms. The predicted molar refractivity (Wildman–Crippen MR) is 94.5 cm³/mol. The van der Waals surface area contributed by atoms with Gasteiger partial charge in [0.15, 0.2) is 6.29 Å². The van der Waals surface area contributed by atoms with Crippen LogP contribution in [0.4, 0.5) is 0 Å². The number of hydrogen-bond donors (Lipinski definition) is 0. The average Bonchev–Trinajstić information content (AvgIpc) is 3.41. The first-order chi connectivity index (χ1) is 12.2. The van der Waals surface area contributed by atoms with Gasteiger partial charge in [-0.25, -0.2) is 4.98 Å². The van der Waals surface area contributed by atoms with Crippen LogP contribution in [0.2, 0.25) is 0 Å². The summed E-state index contributed by atoms with van der Waals surface area (Å²) in [6, 6.07) is 10.3. The van der Waals surface area contributed by atoms with Crippen LogP contribution >= 0.6 is 0 Å². The fourth-order valence-corrected chi connectivity index (χ4v) is 4.16. The molecule has 0 radical (unpaired) electrons. The first-order valence-electron chi connectivity index (χ1n) is 9.23. The number of hydrogen-bond acceptors (Lipinski definition) is 4. The molecule has 3 atom stereocenters. The molecule has 25 heavy (non-hydrogen) atoms. The normalized spacial score (nSPS) is 30.8. The van der Waals surface area contributed by atoms with Crippen LogP contribution in [-0.2, 0) is 20.0 Å². The van der Waals surface area contributed by atoms with E-state index in [1.54, 1.807) is 6.26 Å². The van der Waals surface area contributed by atoms with E-state index in [9.17, 15) is 0 Å². The molecule has 0 saturated heterocycles. The fraction of sp³-hybridized carbons (Fsp3) is 0.476. The van der Waals surface area contributed by atoms with Crippen molar-refractivity contribution in [1.29, 1.82) is 0 Å². The van der Waals surface area contributed by atoms with E-state index >= 15 is 0 Å². The highest BCUT2D eigenvalue weighted by molar-refractivity contribution is 5.79. The Bertz CT molecular complexity index is 842. The molecule has 5 rings (SSSR count). The average molecular weight is 337 g/mol. The van der Waals surface area contributed by atoms with Crippen LogP contribution in [0.3, 0.4) is 0 Å². The van der Waals surface area contributed by atoms with Crippen LogP contribution in [0.25, 0.3) is 10.9 Å². The lowest BCUT2D eigenvalue weighted by Gasteiger charge is -2.38. The van der Waals surface area contributed by atoms with Crippen LogP contribution in [0.1, 0.15) is 50.7 Å². The number of para-hydroxylation sites is 1. The summed E-state index contributed by atoms with van der Waals surface area (Å²) in [7, 11) is 0. The lowest BCUT2D eigenvalue weighted by Crippen LogP contribution is -2.40. The molecule has 2 aliphatic heterocycles. The van der Waals surface area contributed by atoms with Gasteiger partial charge in [0.05, 0.1) is 17.9 Å². The van der Waals surface area contributed by atoms with Crippen molar-refractivity contribution >= 4 is 10.9 Å². The molecule has 130 valence electrons. The van der Waals surface area contributed by atoms with Gasteiger partial charge in [-0.3, -0.25) is 0 Å². The lowest BCUT2D eigenvalue weighted by atomic mass is 9.85. The van der Waals surface area contributed by atoms with Crippen LogP contribution < -0.4 is 0 Å². The molecule has 1 saturated carbocycles. The molecule has 0 amide bonds. The van der Waals surface area contributed by atoms with Gasteiger partial charge in [-0.1, -0.05) is 18.2 Å². The van der Waals surface area contributed by atoms with Gasteiger partial charge in [0.2, 0.25) is 0 Å². The summed E-state index contributed by atoms with van der Waals surface area (Å²) in [4.78, 5) is 4.99. The Kier molecular flexibility index (Phi) is 3.41. The second kappa shape index (κ2) is 5.55. The number of rotatable bonds is 3. The number of pyridine rings is 1. The van der Waals surface area contributed by atoms with Crippen LogP contribution in [0, 0.1) is 11.8 Å². The van der Waals surface area contributed by atoms with Crippen molar-refractivity contribution in [3.63, 3.8) is 0 Å². The molecule has 1 aromatic heterocycles. The molecule has 1 aliphatic carbocycles. The first-order valence-corrected chi connectivity index (χ1v) is 9.23. The van der Waals surface area contributed by atoms with Crippen molar-refractivity contribution < 1.29 is 14.2 Å². The molecule has 0 N–H and O–H groups in total. The molecule has 1 aromatic carbocycles. The minimum Gasteiger partial charge on any atom is -0.464 e. The fourth-order valence-electron chi connectivity index (χ4n) is 4.16. The Morgan fingerprint density at radius 1 is 1.24 bits per heavy atom. The summed E-state index contributed by atoms with van der Waals surface area (Å²) in [6.07, 6.45) is 6.97. The van der Waals surface area contributed by atoms with Crippen molar-refractivity contribution in [3.8, 4) is 0 Å². The predicted octanol–water partition coefficient (Wildman–Crippen LogP) is 4.80. The minimum atomic E-state index is -0.811. The van der Waals surface area contributed by atoms with Gasteiger partial charge in [-0.05, 0) is 57.2 Å². The summed E-state index contributed by atoms with van der Waals surface area (Å²) in [5, 5.41) is 1.11. The van der Waals surface area contributed by atoms with Crippen molar-refractivity contribution in [2.45, 2.75) is 51.3 Å². The molecule has 2 aromatic rings. The van der Waals surface area contributed by atoms with E-state index in [-0.39, 0.29) is 6.10 Å². The molecule has 1 unspecified atom stereocenters. The second-order valence-corrected chi connectivity index (χ2v) is 7.59. The maximum absolute atomic E-state index is 6.50. The summed E-state index contributed by atoms with van der Waals surface area (Å²) in [5.74, 6) is 0.129. The smallest absolute Gasteiger partial charge is 0.259 e. The SMILES string of the molecule is CC(C)O[C@H]1O[C@]2(OC=CCC2C2CC2)c2nc3ccccc3cc21. The summed E-state index contributed by atoms with van der Waals surface area (Å²) in [6.45, 7) is 4.06. The number of ether oxygens (including phenoxy) is 3. The lowest BCUT2D eigenvalue weighted by molar-refractivity contribution is -0.320. The number of allylic oxidation sites excluding steroid dienone is 1. The van der Waals surface area contributed by atoms with E-state index in [4.69, 9.17) is 19.2 Å². The number of nitrogens with zero attached hydrogens (tertiary/aromatic N) is 1. The third-order valence-corrected chi connectivity index (χ3v) is 5.42. The van der Waals surface area contributed by atoms with E-state index in [0.717, 1.165) is 28.6 Å². The molecule has 0 bridgehead atoms. The standard InChI is InChI=1S/C21H23NO3/c1-13(2)24-20-16-12-15-6-3-4-8-18(15)22-19(16)21(25-20)17(14-9-10-14)7-5-11-23-21/h3-6,8,11-14,17,20H,7,9-10H2,1-2H3/t17?,20-,21-/m0/s1. The maximum atomic E-state index is 6.50. The second-order valence-electron chi connectivity index (χ2n) is 7.59. The first kappa shape index (κ1) is 15.4. The van der Waals surface area contributed by atoms with Gasteiger partial charge in [-0.2, -0.15) is 0 Å². The molecular weight excluding hydrogens is 314 g/mol. The zero-order valence-corrected chi connectivity index (χ0v) is 14.6. The summed E-state index contributed by atoms with van der Waals surface area (Å²) in [5.41, 5.74) is 2.88. The third-order valence-electron chi connectivity index (χ3n) is 5.42. The number of fused-ring (bicyclic) bond motifs is 3. The Balaban J connectivity index is 1.69. The Labute approximate surface area is 147 Å². The van der Waals surface area contributed by atoms with Crippen LogP contribution in [0.5, 0.6) is 0 Å². The van der Waals surface area contributed by atoms with Gasteiger partial charge in [-0.15, -0.1) is 0 Å².